The average molecular weight is 576 g/mol. The molecular formula is C28H30ClN9O3. The van der Waals surface area contributed by atoms with Gasteiger partial charge in [-0.2, -0.15) is 5.10 Å². The van der Waals surface area contributed by atoms with Crippen molar-refractivity contribution in [2.45, 2.75) is 13.0 Å². The van der Waals surface area contributed by atoms with E-state index in [0.29, 0.717) is 54.0 Å². The number of halogens is 1. The minimum absolute atomic E-state index is 0.0894. The zero-order valence-corrected chi connectivity index (χ0v) is 23.4. The smallest absolute Gasteiger partial charge is 0.247 e. The maximum atomic E-state index is 12.4. The lowest BCUT2D eigenvalue weighted by atomic mass is 10.1. The van der Waals surface area contributed by atoms with Crippen molar-refractivity contribution < 1.29 is 14.3 Å². The van der Waals surface area contributed by atoms with Gasteiger partial charge in [0.2, 0.25) is 17.8 Å². The minimum atomic E-state index is -0.558. The summed E-state index contributed by atoms with van der Waals surface area (Å²) in [6.07, 6.45) is 6.26. The molecule has 41 heavy (non-hydrogen) atoms. The molecule has 13 heteroatoms. The van der Waals surface area contributed by atoms with Gasteiger partial charge in [-0.3, -0.25) is 9.59 Å². The number of carbonyl (C=O) groups excluding carboxylic acids is 2. The number of methoxy groups -OCH3 is 1. The number of nitrogens with one attached hydrogen (secondary N) is 2. The second kappa shape index (κ2) is 11.8. The van der Waals surface area contributed by atoms with Crippen molar-refractivity contribution in [1.29, 1.82) is 0 Å². The molecule has 0 aliphatic carbocycles. The number of aromatic nitrogens is 4. The average Bonchev–Trinajstić information content (AvgIpc) is 3.42. The first kappa shape index (κ1) is 27.9. The van der Waals surface area contributed by atoms with Crippen LogP contribution in [0.3, 0.4) is 0 Å². The molecule has 5 rings (SSSR count). The van der Waals surface area contributed by atoms with E-state index >= 15 is 0 Å². The van der Waals surface area contributed by atoms with Crippen LogP contribution in [0.4, 0.5) is 23.0 Å². The Hall–Kier alpha value is -4.68. The molecule has 1 aliphatic rings. The number of pyridine rings is 1. The molecule has 0 saturated carbocycles. The zero-order chi connectivity index (χ0) is 29.1. The van der Waals surface area contributed by atoms with Gasteiger partial charge < -0.3 is 30.9 Å². The van der Waals surface area contributed by atoms with Crippen LogP contribution in [0.25, 0.3) is 16.8 Å². The molecule has 0 radical (unpaired) electrons. The highest BCUT2D eigenvalue weighted by Gasteiger charge is 2.26. The molecule has 3 aromatic heterocycles. The summed E-state index contributed by atoms with van der Waals surface area (Å²) in [6, 6.07) is 8.75. The molecule has 4 heterocycles. The molecule has 4 aromatic rings. The van der Waals surface area contributed by atoms with Gasteiger partial charge in [0.05, 0.1) is 58.8 Å². The van der Waals surface area contributed by atoms with E-state index in [9.17, 15) is 9.59 Å². The highest BCUT2D eigenvalue weighted by atomic mass is 35.5. The zero-order valence-electron chi connectivity index (χ0n) is 22.7. The Bertz CT molecular complexity index is 1610. The Kier molecular flexibility index (Phi) is 8.04. The molecule has 1 atom stereocenters. The van der Waals surface area contributed by atoms with Gasteiger partial charge in [0.1, 0.15) is 5.75 Å². The van der Waals surface area contributed by atoms with E-state index in [1.807, 2.05) is 30.5 Å². The van der Waals surface area contributed by atoms with Gasteiger partial charge in [0.15, 0.2) is 0 Å². The van der Waals surface area contributed by atoms with Gasteiger partial charge in [-0.15, -0.1) is 0 Å². The van der Waals surface area contributed by atoms with Crippen LogP contribution >= 0.6 is 11.6 Å². The highest BCUT2D eigenvalue weighted by molar-refractivity contribution is 6.33. The van der Waals surface area contributed by atoms with E-state index in [4.69, 9.17) is 22.1 Å². The molecule has 2 amide bonds. The molecule has 4 N–H and O–H groups in total. The van der Waals surface area contributed by atoms with Crippen molar-refractivity contribution in [3.63, 3.8) is 0 Å². The number of hydrogen-bond acceptors (Lipinski definition) is 9. The number of carbonyl (C=O) groups is 2. The summed E-state index contributed by atoms with van der Waals surface area (Å²) in [5.41, 5.74) is 9.69. The highest BCUT2D eigenvalue weighted by Crippen LogP contribution is 2.39. The summed E-state index contributed by atoms with van der Waals surface area (Å²) in [6.45, 7) is 7.36. The van der Waals surface area contributed by atoms with Crippen LogP contribution < -0.4 is 26.0 Å². The number of benzene rings is 1. The van der Waals surface area contributed by atoms with Gasteiger partial charge in [-0.05, 0) is 31.2 Å². The van der Waals surface area contributed by atoms with E-state index in [1.54, 1.807) is 35.7 Å². The number of anilines is 4. The van der Waals surface area contributed by atoms with Crippen LogP contribution in [0.2, 0.25) is 5.02 Å². The van der Waals surface area contributed by atoms with E-state index in [2.05, 4.69) is 37.2 Å². The fraction of sp³-hybridized carbons (Fsp3) is 0.250. The van der Waals surface area contributed by atoms with Gasteiger partial charge in [-0.25, -0.2) is 14.5 Å². The minimum Gasteiger partial charge on any atom is -0.494 e. The summed E-state index contributed by atoms with van der Waals surface area (Å²) in [7, 11) is 1.55. The first-order valence-corrected chi connectivity index (χ1v) is 13.3. The predicted molar refractivity (Wildman–Crippen MR) is 159 cm³/mol. The Labute approximate surface area is 241 Å². The molecular weight excluding hydrogens is 546 g/mol. The molecule has 212 valence electrons. The lowest BCUT2D eigenvalue weighted by Crippen LogP contribution is -2.52. The van der Waals surface area contributed by atoms with Crippen molar-refractivity contribution in [2.24, 2.45) is 5.73 Å². The van der Waals surface area contributed by atoms with Gasteiger partial charge in [0.25, 0.3) is 0 Å². The van der Waals surface area contributed by atoms with Crippen LogP contribution in [-0.2, 0) is 9.59 Å². The standard InChI is InChI=1S/C28H30ClN9O3/c1-4-25(39)33-20-13-21(24(41-3)14-23(20)36-9-11-37(12-10-36)27(40)17(2)30)34-28-31-16-19(29)26(35-28)18-15-32-38-8-6-5-7-22(18)38/h4-8,13-17H,1,9-12,30H2,2-3H3,(H,33,39)(H,31,34,35)/t17-/m0/s1. The number of rotatable bonds is 8. The second-order valence-electron chi connectivity index (χ2n) is 9.47. The number of nitrogens with two attached hydrogens (primary N) is 1. The van der Waals surface area contributed by atoms with Crippen LogP contribution in [0, 0.1) is 0 Å². The van der Waals surface area contributed by atoms with Crippen LogP contribution in [-0.4, -0.2) is 75.6 Å². The van der Waals surface area contributed by atoms with Gasteiger partial charge in [-0.1, -0.05) is 24.2 Å². The molecule has 12 nitrogen and oxygen atoms in total. The maximum absolute atomic E-state index is 12.4. The third-order valence-corrected chi connectivity index (χ3v) is 7.03. The van der Waals surface area contributed by atoms with Crippen LogP contribution in [0.5, 0.6) is 5.75 Å². The Morgan fingerprint density at radius 3 is 2.66 bits per heavy atom. The largest absolute Gasteiger partial charge is 0.494 e. The number of amides is 2. The fourth-order valence-electron chi connectivity index (χ4n) is 4.69. The normalized spacial score (nSPS) is 14.0. The van der Waals surface area contributed by atoms with Crippen molar-refractivity contribution in [3.8, 4) is 17.0 Å². The van der Waals surface area contributed by atoms with Crippen molar-refractivity contribution in [1.82, 2.24) is 24.5 Å². The first-order chi connectivity index (χ1) is 19.8. The summed E-state index contributed by atoms with van der Waals surface area (Å²) >= 11 is 6.49. The number of ether oxygens (including phenoxy) is 1. The lowest BCUT2D eigenvalue weighted by Gasteiger charge is -2.37. The fourth-order valence-corrected chi connectivity index (χ4v) is 4.88. The van der Waals surface area contributed by atoms with Gasteiger partial charge >= 0.3 is 0 Å². The summed E-state index contributed by atoms with van der Waals surface area (Å²) in [5.74, 6) is 0.316. The number of piperazine rings is 1. The quantitative estimate of drug-likeness (QED) is 0.270. The third kappa shape index (κ3) is 5.79. The maximum Gasteiger partial charge on any atom is 0.247 e. The van der Waals surface area contributed by atoms with Crippen molar-refractivity contribution in [3.05, 3.63) is 66.6 Å². The second-order valence-corrected chi connectivity index (χ2v) is 9.88. The topological polar surface area (TPSA) is 143 Å². The number of fused-ring (bicyclic) bond motifs is 1. The van der Waals surface area contributed by atoms with Gasteiger partial charge in [0, 0.05) is 44.0 Å². The van der Waals surface area contributed by atoms with Crippen molar-refractivity contribution in [2.75, 3.05) is 48.8 Å². The van der Waals surface area contributed by atoms with Crippen LogP contribution in [0.1, 0.15) is 6.92 Å². The predicted octanol–water partition coefficient (Wildman–Crippen LogP) is 3.32. The van der Waals surface area contributed by atoms with Crippen LogP contribution in [0.15, 0.2) is 61.6 Å². The third-order valence-electron chi connectivity index (χ3n) is 6.75. The molecule has 0 spiro atoms. The molecule has 0 bridgehead atoms. The SMILES string of the molecule is C=CC(=O)Nc1cc(Nc2ncc(Cl)c(-c3cnn4ccccc34)n2)c(OC)cc1N1CCN(C(=O)[C@H](C)N)CC1. The Morgan fingerprint density at radius 1 is 1.17 bits per heavy atom. The van der Waals surface area contributed by atoms with E-state index in [1.165, 1.54) is 12.3 Å². The monoisotopic (exact) mass is 575 g/mol. The first-order valence-electron chi connectivity index (χ1n) is 13.0. The Morgan fingerprint density at radius 2 is 1.95 bits per heavy atom. The summed E-state index contributed by atoms with van der Waals surface area (Å²) < 4.78 is 7.45. The van der Waals surface area contributed by atoms with E-state index in [-0.39, 0.29) is 17.8 Å². The summed E-state index contributed by atoms with van der Waals surface area (Å²) in [5, 5.41) is 10.8. The molecule has 1 aliphatic heterocycles. The lowest BCUT2D eigenvalue weighted by molar-refractivity contribution is -0.132. The number of nitrogens with zero attached hydrogens (tertiary/aromatic N) is 6. The molecule has 1 saturated heterocycles. The van der Waals surface area contributed by atoms with E-state index in [0.717, 1.165) is 16.8 Å². The molecule has 0 unspecified atom stereocenters. The van der Waals surface area contributed by atoms with E-state index < -0.39 is 6.04 Å². The summed E-state index contributed by atoms with van der Waals surface area (Å²) in [4.78, 5) is 37.6. The van der Waals surface area contributed by atoms with Crippen molar-refractivity contribution >= 4 is 51.9 Å². The number of hydrogen-bond donors (Lipinski definition) is 3. The Balaban J connectivity index is 1.47. The molecule has 1 fully saturated rings. The molecule has 1 aromatic carbocycles.